The third-order valence-corrected chi connectivity index (χ3v) is 3.23. The average molecular weight is 283 g/mol. The highest BCUT2D eigenvalue weighted by Crippen LogP contribution is 2.32. The molecule has 1 aromatic rings. The van der Waals surface area contributed by atoms with E-state index >= 15 is 0 Å². The lowest BCUT2D eigenvalue weighted by Gasteiger charge is -2.09. The quantitative estimate of drug-likeness (QED) is 0.920. The van der Waals surface area contributed by atoms with E-state index in [1.807, 2.05) is 38.3 Å². The van der Waals surface area contributed by atoms with Crippen LogP contribution in [0.15, 0.2) is 40.0 Å². The Kier molecular flexibility index (Phi) is 3.56. The van der Waals surface area contributed by atoms with Crippen molar-refractivity contribution in [3.8, 4) is 0 Å². The van der Waals surface area contributed by atoms with Gasteiger partial charge in [-0.2, -0.15) is 0 Å². The van der Waals surface area contributed by atoms with Gasteiger partial charge < -0.3 is 4.74 Å². The predicted molar refractivity (Wildman–Crippen MR) is 83.7 cm³/mol. The molecule has 0 bridgehead atoms. The molecule has 0 fully saturated rings. The van der Waals surface area contributed by atoms with E-state index in [0.717, 1.165) is 35.5 Å². The predicted octanol–water partition coefficient (Wildman–Crippen LogP) is 3.63. The van der Waals surface area contributed by atoms with Crippen LogP contribution in [-0.2, 0) is 11.2 Å². The third-order valence-electron chi connectivity index (χ3n) is 3.23. The molecule has 0 saturated carbocycles. The van der Waals surface area contributed by atoms with Gasteiger partial charge in [-0.15, -0.1) is 0 Å². The van der Waals surface area contributed by atoms with Gasteiger partial charge in [-0.3, -0.25) is 15.3 Å². The number of aliphatic imine (C=N–C) groups is 2. The first-order chi connectivity index (χ1) is 10.1. The smallest absolute Gasteiger partial charge is 0.411 e. The van der Waals surface area contributed by atoms with Crippen LogP contribution in [0, 0.1) is 0 Å². The summed E-state index contributed by atoms with van der Waals surface area (Å²) in [5, 5.41) is 2.71. The zero-order chi connectivity index (χ0) is 14.8. The number of nitrogens with zero attached hydrogens (tertiary/aromatic N) is 2. The van der Waals surface area contributed by atoms with Crippen LogP contribution in [0.2, 0.25) is 0 Å². The Morgan fingerprint density at radius 3 is 2.95 bits per heavy atom. The maximum absolute atomic E-state index is 11.6. The minimum absolute atomic E-state index is 0.142. The molecule has 5 heteroatoms. The molecular formula is C16H17N3O2. The largest absolute Gasteiger partial charge is 0.447 e. The van der Waals surface area contributed by atoms with Gasteiger partial charge in [0.1, 0.15) is 0 Å². The van der Waals surface area contributed by atoms with E-state index in [9.17, 15) is 4.79 Å². The number of ether oxygens (including phenoxy) is 1. The molecule has 2 aliphatic heterocycles. The normalized spacial score (nSPS) is 15.8. The molecule has 5 nitrogen and oxygen atoms in total. The number of allylic oxidation sites excluding steroid dienone is 2. The molecule has 0 unspecified atom stereocenters. The lowest BCUT2D eigenvalue weighted by Crippen LogP contribution is -2.17. The Labute approximate surface area is 123 Å². The molecule has 0 aromatic heterocycles. The van der Waals surface area contributed by atoms with E-state index in [1.165, 1.54) is 0 Å². The third kappa shape index (κ3) is 3.02. The summed E-state index contributed by atoms with van der Waals surface area (Å²) in [6.45, 7) is 3.63. The molecule has 2 aliphatic rings. The van der Waals surface area contributed by atoms with Gasteiger partial charge >= 0.3 is 6.09 Å². The van der Waals surface area contributed by atoms with Crippen molar-refractivity contribution in [1.82, 2.24) is 0 Å². The van der Waals surface area contributed by atoms with E-state index in [4.69, 9.17) is 4.74 Å². The number of fused-ring (bicyclic) bond motifs is 1. The maximum Gasteiger partial charge on any atom is 0.411 e. The zero-order valence-corrected chi connectivity index (χ0v) is 12.1. The van der Waals surface area contributed by atoms with Gasteiger partial charge in [0.15, 0.2) is 0 Å². The van der Waals surface area contributed by atoms with Crippen molar-refractivity contribution in [3.05, 3.63) is 35.5 Å². The number of amides is 1. The van der Waals surface area contributed by atoms with Crippen LogP contribution in [-0.4, -0.2) is 24.1 Å². The number of carbonyl (C=O) groups excluding carboxylic acids is 1. The number of hydrogen-bond donors (Lipinski definition) is 1. The van der Waals surface area contributed by atoms with Crippen molar-refractivity contribution < 1.29 is 9.53 Å². The number of nitrogens with one attached hydrogen (secondary N) is 1. The van der Waals surface area contributed by atoms with Crippen molar-refractivity contribution in [3.63, 3.8) is 0 Å². The Balaban J connectivity index is 1.75. The molecule has 0 aliphatic carbocycles. The van der Waals surface area contributed by atoms with E-state index < -0.39 is 6.09 Å². The SMILES string of the molecule is CC(C)OC(=O)Nc1ccc2c(c1)N=C(C1=CCC=N1)C2. The number of carbonyl (C=O) groups is 1. The summed E-state index contributed by atoms with van der Waals surface area (Å²) in [5.41, 5.74) is 4.67. The Bertz CT molecular complexity index is 672. The molecule has 21 heavy (non-hydrogen) atoms. The maximum atomic E-state index is 11.6. The molecule has 1 N–H and O–H groups in total. The molecule has 0 radical (unpaired) electrons. The molecule has 0 spiro atoms. The monoisotopic (exact) mass is 283 g/mol. The van der Waals surface area contributed by atoms with E-state index in [2.05, 4.69) is 21.4 Å². The van der Waals surface area contributed by atoms with Crippen molar-refractivity contribution >= 4 is 29.4 Å². The lowest BCUT2D eigenvalue weighted by molar-refractivity contribution is 0.130. The fourth-order valence-electron chi connectivity index (χ4n) is 2.33. The van der Waals surface area contributed by atoms with Crippen LogP contribution in [0.4, 0.5) is 16.2 Å². The molecule has 0 atom stereocenters. The molecule has 3 rings (SSSR count). The number of rotatable bonds is 3. The first-order valence-corrected chi connectivity index (χ1v) is 7.03. The van der Waals surface area contributed by atoms with Gasteiger partial charge in [0.2, 0.25) is 0 Å². The van der Waals surface area contributed by atoms with E-state index in [-0.39, 0.29) is 6.10 Å². The summed E-state index contributed by atoms with van der Waals surface area (Å²) < 4.78 is 5.06. The summed E-state index contributed by atoms with van der Waals surface area (Å²) in [6, 6.07) is 5.71. The summed E-state index contributed by atoms with van der Waals surface area (Å²) in [4.78, 5) is 20.5. The lowest BCUT2D eigenvalue weighted by atomic mass is 10.1. The minimum Gasteiger partial charge on any atom is -0.447 e. The molecular weight excluding hydrogens is 266 g/mol. The van der Waals surface area contributed by atoms with E-state index in [1.54, 1.807) is 0 Å². The van der Waals surface area contributed by atoms with Crippen LogP contribution < -0.4 is 5.32 Å². The number of benzene rings is 1. The summed E-state index contributed by atoms with van der Waals surface area (Å²) in [7, 11) is 0. The average Bonchev–Trinajstić information content (AvgIpc) is 3.05. The van der Waals surface area contributed by atoms with Crippen molar-refractivity contribution in [1.29, 1.82) is 0 Å². The second kappa shape index (κ2) is 5.52. The summed E-state index contributed by atoms with van der Waals surface area (Å²) in [6.07, 6.45) is 5.03. The highest BCUT2D eigenvalue weighted by atomic mass is 16.6. The van der Waals surface area contributed by atoms with Crippen molar-refractivity contribution in [2.75, 3.05) is 5.32 Å². The van der Waals surface area contributed by atoms with Crippen LogP contribution in [0.1, 0.15) is 25.8 Å². The molecule has 1 amide bonds. The van der Waals surface area contributed by atoms with Gasteiger partial charge in [-0.25, -0.2) is 4.79 Å². The molecule has 108 valence electrons. The highest BCUT2D eigenvalue weighted by Gasteiger charge is 2.19. The van der Waals surface area contributed by atoms with Crippen molar-refractivity contribution in [2.24, 2.45) is 9.98 Å². The molecule has 2 heterocycles. The Hall–Kier alpha value is -2.43. The molecule has 0 saturated heterocycles. The van der Waals surface area contributed by atoms with Crippen LogP contribution >= 0.6 is 0 Å². The summed E-state index contributed by atoms with van der Waals surface area (Å²) in [5.74, 6) is 0. The van der Waals surface area contributed by atoms with Gasteiger partial charge in [-0.1, -0.05) is 12.1 Å². The number of hydrogen-bond acceptors (Lipinski definition) is 4. The Morgan fingerprint density at radius 1 is 1.38 bits per heavy atom. The van der Waals surface area contributed by atoms with E-state index in [0.29, 0.717) is 5.69 Å². The van der Waals surface area contributed by atoms with Crippen molar-refractivity contribution in [2.45, 2.75) is 32.8 Å². The topological polar surface area (TPSA) is 63.0 Å². The van der Waals surface area contributed by atoms with Gasteiger partial charge in [0, 0.05) is 24.7 Å². The molecule has 1 aromatic carbocycles. The Morgan fingerprint density at radius 2 is 2.24 bits per heavy atom. The fourth-order valence-corrected chi connectivity index (χ4v) is 2.33. The van der Waals surface area contributed by atoms with Crippen LogP contribution in [0.5, 0.6) is 0 Å². The van der Waals surface area contributed by atoms with Gasteiger partial charge in [-0.05, 0) is 31.5 Å². The summed E-state index contributed by atoms with van der Waals surface area (Å²) >= 11 is 0. The highest BCUT2D eigenvalue weighted by molar-refractivity contribution is 6.08. The minimum atomic E-state index is -0.449. The fraction of sp³-hybridized carbons (Fsp3) is 0.312. The van der Waals surface area contributed by atoms with Gasteiger partial charge in [0.05, 0.1) is 23.2 Å². The first kappa shape index (κ1) is 13.5. The second-order valence-electron chi connectivity index (χ2n) is 5.29. The first-order valence-electron chi connectivity index (χ1n) is 7.03. The zero-order valence-electron chi connectivity index (χ0n) is 12.1. The standard InChI is InChI=1S/C16H17N3O2/c1-10(2)21-16(20)18-12-6-5-11-8-15(19-14(11)9-12)13-4-3-7-17-13/h4-7,9-10H,3,8H2,1-2H3,(H,18,20). The number of anilines is 1. The van der Waals surface area contributed by atoms with Gasteiger partial charge in [0.25, 0.3) is 0 Å². The second-order valence-corrected chi connectivity index (χ2v) is 5.29. The van der Waals surface area contributed by atoms with Crippen LogP contribution in [0.3, 0.4) is 0 Å². The van der Waals surface area contributed by atoms with Crippen LogP contribution in [0.25, 0.3) is 0 Å².